The number of fused-ring (bicyclic) bond motifs is 5. The zero-order chi connectivity index (χ0) is 17.9. The molecule has 0 aliphatic rings. The van der Waals surface area contributed by atoms with E-state index >= 15 is 0 Å². The molecule has 2 aromatic heterocycles. The molecule has 0 N–H and O–H groups in total. The second kappa shape index (κ2) is 4.82. The van der Waals surface area contributed by atoms with Gasteiger partial charge in [0.05, 0.1) is 21.9 Å². The number of nitro benzene ring substituents is 1. The standard InChI is InChI=1S/C16H6F3NO5/c17-16(18,19)7-1-4-11-10(5-7)13-14(24-11)9-3-2-8(20(22)23)6-12(9)25-15(13)21/h1-6H. The minimum atomic E-state index is -4.57. The molecule has 4 aromatic rings. The predicted molar refractivity (Wildman–Crippen MR) is 81.4 cm³/mol. The van der Waals surface area contributed by atoms with Crippen molar-refractivity contribution in [3.05, 3.63) is 62.5 Å². The first-order chi connectivity index (χ1) is 11.8. The summed E-state index contributed by atoms with van der Waals surface area (Å²) in [5.41, 5.74) is -2.11. The van der Waals surface area contributed by atoms with Gasteiger partial charge in [-0.3, -0.25) is 10.1 Å². The van der Waals surface area contributed by atoms with Gasteiger partial charge in [-0.05, 0) is 24.3 Å². The fourth-order valence-corrected chi connectivity index (χ4v) is 2.71. The van der Waals surface area contributed by atoms with Crippen LogP contribution in [0, 0.1) is 10.1 Å². The van der Waals surface area contributed by atoms with Gasteiger partial charge in [0.2, 0.25) is 0 Å². The van der Waals surface area contributed by atoms with E-state index in [9.17, 15) is 28.1 Å². The molecule has 0 fully saturated rings. The third-order valence-electron chi connectivity index (χ3n) is 3.84. The molecule has 0 unspecified atom stereocenters. The van der Waals surface area contributed by atoms with Crippen LogP contribution >= 0.6 is 0 Å². The summed E-state index contributed by atoms with van der Waals surface area (Å²) in [6, 6.07) is 6.36. The summed E-state index contributed by atoms with van der Waals surface area (Å²) >= 11 is 0. The quantitative estimate of drug-likeness (QED) is 0.284. The number of alkyl halides is 3. The lowest BCUT2D eigenvalue weighted by atomic mass is 10.1. The fourth-order valence-electron chi connectivity index (χ4n) is 2.71. The Labute approximate surface area is 135 Å². The van der Waals surface area contributed by atoms with Crippen molar-refractivity contribution >= 4 is 38.6 Å². The Balaban J connectivity index is 2.13. The summed E-state index contributed by atoms with van der Waals surface area (Å²) in [5.74, 6) is 0. The lowest BCUT2D eigenvalue weighted by Crippen LogP contribution is -2.04. The zero-order valence-corrected chi connectivity index (χ0v) is 12.1. The molecule has 0 amide bonds. The number of rotatable bonds is 1. The first-order valence-corrected chi connectivity index (χ1v) is 6.90. The molecule has 25 heavy (non-hydrogen) atoms. The fraction of sp³-hybridized carbons (Fsp3) is 0.0625. The highest BCUT2D eigenvalue weighted by molar-refractivity contribution is 6.13. The minimum Gasteiger partial charge on any atom is -0.455 e. The van der Waals surface area contributed by atoms with E-state index in [0.29, 0.717) is 0 Å². The monoisotopic (exact) mass is 349 g/mol. The molecule has 0 aliphatic heterocycles. The maximum absolute atomic E-state index is 12.9. The lowest BCUT2D eigenvalue weighted by molar-refractivity contribution is -0.384. The average Bonchev–Trinajstić information content (AvgIpc) is 2.92. The van der Waals surface area contributed by atoms with E-state index in [-0.39, 0.29) is 38.6 Å². The first kappa shape index (κ1) is 15.2. The molecule has 0 atom stereocenters. The van der Waals surface area contributed by atoms with Crippen LogP contribution in [0.15, 0.2) is 50.0 Å². The van der Waals surface area contributed by atoms with Crippen molar-refractivity contribution in [2.24, 2.45) is 0 Å². The van der Waals surface area contributed by atoms with Gasteiger partial charge in [0.1, 0.15) is 16.6 Å². The smallest absolute Gasteiger partial charge is 0.416 e. The van der Waals surface area contributed by atoms with Gasteiger partial charge in [-0.25, -0.2) is 4.79 Å². The Kier molecular flexibility index (Phi) is 2.93. The molecule has 9 heteroatoms. The summed E-state index contributed by atoms with van der Waals surface area (Å²) in [6.45, 7) is 0. The molecule has 0 radical (unpaired) electrons. The van der Waals surface area contributed by atoms with Crippen LogP contribution in [0.5, 0.6) is 0 Å². The molecular weight excluding hydrogens is 343 g/mol. The molecule has 0 aliphatic carbocycles. The van der Waals surface area contributed by atoms with E-state index < -0.39 is 22.3 Å². The van der Waals surface area contributed by atoms with E-state index in [1.807, 2.05) is 0 Å². The number of nitro groups is 1. The minimum absolute atomic E-state index is 0.0236. The van der Waals surface area contributed by atoms with Gasteiger partial charge in [-0.1, -0.05) is 0 Å². The van der Waals surface area contributed by atoms with Crippen LogP contribution in [0.1, 0.15) is 5.56 Å². The topological polar surface area (TPSA) is 86.5 Å². The Bertz CT molecular complexity index is 1240. The first-order valence-electron chi connectivity index (χ1n) is 6.90. The van der Waals surface area contributed by atoms with Gasteiger partial charge in [0.25, 0.3) is 5.69 Å². The molecular formula is C16H6F3NO5. The molecule has 126 valence electrons. The van der Waals surface area contributed by atoms with Crippen molar-refractivity contribution < 1.29 is 26.9 Å². The van der Waals surface area contributed by atoms with Crippen molar-refractivity contribution in [3.8, 4) is 0 Å². The van der Waals surface area contributed by atoms with Crippen LogP contribution < -0.4 is 5.63 Å². The Morgan fingerprint density at radius 2 is 1.72 bits per heavy atom. The molecule has 2 heterocycles. The van der Waals surface area contributed by atoms with Gasteiger partial charge < -0.3 is 8.83 Å². The van der Waals surface area contributed by atoms with Gasteiger partial charge in [-0.15, -0.1) is 0 Å². The largest absolute Gasteiger partial charge is 0.455 e. The van der Waals surface area contributed by atoms with Crippen LogP contribution in [0.25, 0.3) is 32.9 Å². The normalized spacial score (nSPS) is 12.3. The maximum Gasteiger partial charge on any atom is 0.416 e. The number of non-ortho nitro benzene ring substituents is 1. The second-order valence-corrected chi connectivity index (χ2v) is 5.34. The third-order valence-corrected chi connectivity index (χ3v) is 3.84. The van der Waals surface area contributed by atoms with E-state index in [2.05, 4.69) is 0 Å². The summed E-state index contributed by atoms with van der Waals surface area (Å²) in [6.07, 6.45) is -4.57. The number of nitrogens with zero attached hydrogens (tertiary/aromatic N) is 1. The summed E-state index contributed by atoms with van der Waals surface area (Å²) in [7, 11) is 0. The average molecular weight is 349 g/mol. The molecule has 2 aromatic carbocycles. The van der Waals surface area contributed by atoms with E-state index in [1.165, 1.54) is 12.1 Å². The maximum atomic E-state index is 12.9. The molecule has 0 saturated carbocycles. The van der Waals surface area contributed by atoms with Crippen molar-refractivity contribution in [2.75, 3.05) is 0 Å². The third kappa shape index (κ3) is 2.24. The summed E-state index contributed by atoms with van der Waals surface area (Å²) in [5, 5.41) is 10.9. The van der Waals surface area contributed by atoms with Crippen molar-refractivity contribution in [1.29, 1.82) is 0 Å². The summed E-state index contributed by atoms with van der Waals surface area (Å²) < 4.78 is 49.3. The summed E-state index contributed by atoms with van der Waals surface area (Å²) in [4.78, 5) is 22.4. The van der Waals surface area contributed by atoms with Gasteiger partial charge in [0.15, 0.2) is 5.58 Å². The van der Waals surface area contributed by atoms with Crippen molar-refractivity contribution in [2.45, 2.75) is 6.18 Å². The van der Waals surface area contributed by atoms with Crippen LogP contribution in [-0.2, 0) is 6.18 Å². The van der Waals surface area contributed by atoms with E-state index in [0.717, 1.165) is 24.3 Å². The Hall–Kier alpha value is -3.36. The molecule has 0 bridgehead atoms. The van der Waals surface area contributed by atoms with Gasteiger partial charge >= 0.3 is 11.8 Å². The highest BCUT2D eigenvalue weighted by Gasteiger charge is 2.31. The van der Waals surface area contributed by atoms with Crippen molar-refractivity contribution in [1.82, 2.24) is 0 Å². The zero-order valence-electron chi connectivity index (χ0n) is 12.1. The highest BCUT2D eigenvalue weighted by atomic mass is 19.4. The Morgan fingerprint density at radius 1 is 0.960 bits per heavy atom. The van der Waals surface area contributed by atoms with Crippen LogP contribution in [0.4, 0.5) is 18.9 Å². The predicted octanol–water partition coefficient (Wildman–Crippen LogP) is 4.62. The second-order valence-electron chi connectivity index (χ2n) is 5.34. The van der Waals surface area contributed by atoms with E-state index in [1.54, 1.807) is 0 Å². The number of halogens is 3. The molecule has 0 spiro atoms. The van der Waals surface area contributed by atoms with Gasteiger partial charge in [-0.2, -0.15) is 13.2 Å². The molecule has 0 saturated heterocycles. The lowest BCUT2D eigenvalue weighted by Gasteiger charge is -2.05. The van der Waals surface area contributed by atoms with E-state index in [4.69, 9.17) is 8.83 Å². The number of hydrogen-bond acceptors (Lipinski definition) is 5. The Morgan fingerprint density at radius 3 is 2.40 bits per heavy atom. The van der Waals surface area contributed by atoms with Crippen LogP contribution in [0.3, 0.4) is 0 Å². The molecule has 4 rings (SSSR count). The van der Waals surface area contributed by atoms with Crippen LogP contribution in [-0.4, -0.2) is 4.92 Å². The number of benzene rings is 2. The van der Waals surface area contributed by atoms with Gasteiger partial charge in [0, 0.05) is 11.5 Å². The number of furan rings is 1. The van der Waals surface area contributed by atoms with Crippen molar-refractivity contribution in [3.63, 3.8) is 0 Å². The van der Waals surface area contributed by atoms with Crippen LogP contribution in [0.2, 0.25) is 0 Å². The number of hydrogen-bond donors (Lipinski definition) is 0. The SMILES string of the molecule is O=c1oc2cc([N+](=O)[O-])ccc2c2oc3ccc(C(F)(F)F)cc3c12. The molecule has 6 nitrogen and oxygen atoms in total. The highest BCUT2D eigenvalue weighted by Crippen LogP contribution is 2.36.